The molecule has 7 heteroatoms. The number of rotatable bonds is 5. The number of amides is 1. The highest BCUT2D eigenvalue weighted by atomic mass is 35.5. The van der Waals surface area contributed by atoms with Crippen LogP contribution in [0.3, 0.4) is 0 Å². The number of carbonyl (C=O) groups excluding carboxylic acids is 1. The zero-order valence-electron chi connectivity index (χ0n) is 15.3. The molecule has 0 atom stereocenters. The van der Waals surface area contributed by atoms with Gasteiger partial charge in [0.2, 0.25) is 0 Å². The van der Waals surface area contributed by atoms with Crippen molar-refractivity contribution in [2.75, 3.05) is 20.1 Å². The summed E-state index contributed by atoms with van der Waals surface area (Å²) >= 11 is 0. The first kappa shape index (κ1) is 21.4. The van der Waals surface area contributed by atoms with Crippen LogP contribution in [0.5, 0.6) is 0 Å². The van der Waals surface area contributed by atoms with Crippen LogP contribution in [0.4, 0.5) is 0 Å². The van der Waals surface area contributed by atoms with Crippen LogP contribution >= 0.6 is 12.4 Å². The maximum Gasteiger partial charge on any atom is 0.253 e. The minimum absolute atomic E-state index is 0. The lowest BCUT2D eigenvalue weighted by Gasteiger charge is -2.32. The van der Waals surface area contributed by atoms with Crippen LogP contribution in [-0.4, -0.2) is 45.4 Å². The molecule has 0 unspecified atom stereocenters. The standard InChI is InChI=1S/C20H24N2O3S.ClH/c1-21-18-10-12-22(13-11-18)20(23)17-7-5-6-16(14-17)15-26(24,25)19-8-3-2-4-9-19;/h2-9,14,18,21H,10-13,15H2,1H3;1H. The average molecular weight is 409 g/mol. The van der Waals surface area contributed by atoms with E-state index >= 15 is 0 Å². The van der Waals surface area contributed by atoms with Crippen molar-refractivity contribution in [1.29, 1.82) is 0 Å². The molecule has 1 heterocycles. The number of nitrogens with zero attached hydrogens (tertiary/aromatic N) is 1. The highest BCUT2D eigenvalue weighted by Crippen LogP contribution is 2.19. The SMILES string of the molecule is CNC1CCN(C(=O)c2cccc(CS(=O)(=O)c3ccccc3)c2)CC1.Cl. The summed E-state index contributed by atoms with van der Waals surface area (Å²) in [6, 6.07) is 15.8. The maximum absolute atomic E-state index is 12.7. The molecular formula is C20H25ClN2O3S. The zero-order valence-corrected chi connectivity index (χ0v) is 16.9. The Hall–Kier alpha value is -1.89. The number of halogens is 1. The molecule has 0 bridgehead atoms. The third-order valence-electron chi connectivity index (χ3n) is 4.82. The van der Waals surface area contributed by atoms with E-state index in [2.05, 4.69) is 5.32 Å². The van der Waals surface area contributed by atoms with Crippen LogP contribution in [0.2, 0.25) is 0 Å². The molecule has 0 aliphatic carbocycles. The lowest BCUT2D eigenvalue weighted by Crippen LogP contribution is -2.43. The van der Waals surface area contributed by atoms with E-state index < -0.39 is 9.84 Å². The number of nitrogens with one attached hydrogen (secondary N) is 1. The van der Waals surface area contributed by atoms with Gasteiger partial charge in [-0.1, -0.05) is 30.3 Å². The van der Waals surface area contributed by atoms with E-state index in [0.29, 0.717) is 22.1 Å². The number of hydrogen-bond donors (Lipinski definition) is 1. The molecule has 1 saturated heterocycles. The predicted octanol–water partition coefficient (Wildman–Crippen LogP) is 2.91. The van der Waals surface area contributed by atoms with Crippen molar-refractivity contribution in [3.8, 4) is 0 Å². The molecule has 0 radical (unpaired) electrons. The molecule has 1 aliphatic heterocycles. The monoisotopic (exact) mass is 408 g/mol. The van der Waals surface area contributed by atoms with Gasteiger partial charge in [0.25, 0.3) is 5.91 Å². The van der Waals surface area contributed by atoms with Gasteiger partial charge in [0, 0.05) is 24.7 Å². The van der Waals surface area contributed by atoms with Crippen molar-refractivity contribution >= 4 is 28.2 Å². The van der Waals surface area contributed by atoms with Crippen molar-refractivity contribution in [1.82, 2.24) is 10.2 Å². The van der Waals surface area contributed by atoms with Crippen LogP contribution in [0, 0.1) is 0 Å². The summed E-state index contributed by atoms with van der Waals surface area (Å²) in [5.74, 6) is -0.140. The second-order valence-corrected chi connectivity index (χ2v) is 8.62. The number of piperidine rings is 1. The van der Waals surface area contributed by atoms with Crippen molar-refractivity contribution in [2.45, 2.75) is 29.5 Å². The first-order valence-corrected chi connectivity index (χ1v) is 10.5. The summed E-state index contributed by atoms with van der Waals surface area (Å²) < 4.78 is 25.1. The third kappa shape index (κ3) is 5.31. The maximum atomic E-state index is 12.7. The van der Waals surface area contributed by atoms with Gasteiger partial charge in [-0.15, -0.1) is 12.4 Å². The Morgan fingerprint density at radius 3 is 2.37 bits per heavy atom. The summed E-state index contributed by atoms with van der Waals surface area (Å²) in [6.07, 6.45) is 1.87. The number of likely N-dealkylation sites (tertiary alicyclic amines) is 1. The van der Waals surface area contributed by atoms with Crippen molar-refractivity contribution in [3.63, 3.8) is 0 Å². The van der Waals surface area contributed by atoms with Crippen molar-refractivity contribution < 1.29 is 13.2 Å². The lowest BCUT2D eigenvalue weighted by atomic mass is 10.0. The van der Waals surface area contributed by atoms with Gasteiger partial charge in [-0.3, -0.25) is 4.79 Å². The minimum atomic E-state index is -3.42. The lowest BCUT2D eigenvalue weighted by molar-refractivity contribution is 0.0707. The largest absolute Gasteiger partial charge is 0.339 e. The molecule has 27 heavy (non-hydrogen) atoms. The van der Waals surface area contributed by atoms with Crippen molar-refractivity contribution in [2.24, 2.45) is 0 Å². The molecule has 2 aromatic rings. The molecule has 1 aliphatic rings. The first-order chi connectivity index (χ1) is 12.5. The number of sulfone groups is 1. The molecule has 2 aromatic carbocycles. The van der Waals surface area contributed by atoms with Gasteiger partial charge in [0.05, 0.1) is 10.6 Å². The Balaban J connectivity index is 0.00000261. The highest BCUT2D eigenvalue weighted by molar-refractivity contribution is 7.90. The fraction of sp³-hybridized carbons (Fsp3) is 0.350. The third-order valence-corrected chi connectivity index (χ3v) is 6.53. The molecule has 0 saturated carbocycles. The van der Waals surface area contributed by atoms with Crippen LogP contribution in [-0.2, 0) is 15.6 Å². The predicted molar refractivity (Wildman–Crippen MR) is 109 cm³/mol. The van der Waals surface area contributed by atoms with E-state index in [9.17, 15) is 13.2 Å². The van der Waals surface area contributed by atoms with E-state index in [1.54, 1.807) is 54.6 Å². The van der Waals surface area contributed by atoms with Crippen LogP contribution in [0.1, 0.15) is 28.8 Å². The molecule has 1 amide bonds. The molecule has 0 spiro atoms. The zero-order chi connectivity index (χ0) is 18.6. The smallest absolute Gasteiger partial charge is 0.253 e. The molecule has 1 fully saturated rings. The van der Waals surface area contributed by atoms with Gasteiger partial charge in [-0.2, -0.15) is 0 Å². The van der Waals surface area contributed by atoms with Crippen LogP contribution < -0.4 is 5.32 Å². The Morgan fingerprint density at radius 1 is 1.07 bits per heavy atom. The molecule has 1 N–H and O–H groups in total. The Labute approximate surface area is 167 Å². The molecular weight excluding hydrogens is 384 g/mol. The summed E-state index contributed by atoms with van der Waals surface area (Å²) in [5.41, 5.74) is 1.18. The number of carbonyl (C=O) groups is 1. The molecule has 5 nitrogen and oxygen atoms in total. The molecule has 146 valence electrons. The topological polar surface area (TPSA) is 66.5 Å². The number of hydrogen-bond acceptors (Lipinski definition) is 4. The summed E-state index contributed by atoms with van der Waals surface area (Å²) in [4.78, 5) is 14.9. The first-order valence-electron chi connectivity index (χ1n) is 8.83. The Bertz CT molecular complexity index is 864. The van der Waals surface area contributed by atoms with E-state index in [-0.39, 0.29) is 24.1 Å². The summed E-state index contributed by atoms with van der Waals surface area (Å²) in [7, 11) is -1.48. The van der Waals surface area contributed by atoms with Gasteiger partial charge < -0.3 is 10.2 Å². The van der Waals surface area contributed by atoms with E-state index in [1.165, 1.54) is 0 Å². The van der Waals surface area contributed by atoms with E-state index in [1.807, 2.05) is 11.9 Å². The van der Waals surface area contributed by atoms with Gasteiger partial charge in [-0.05, 0) is 49.7 Å². The minimum Gasteiger partial charge on any atom is -0.339 e. The van der Waals surface area contributed by atoms with E-state index in [4.69, 9.17) is 0 Å². The molecule has 0 aromatic heterocycles. The average Bonchev–Trinajstić information content (AvgIpc) is 2.68. The summed E-state index contributed by atoms with van der Waals surface area (Å²) in [6.45, 7) is 1.44. The normalized spacial score (nSPS) is 15.2. The van der Waals surface area contributed by atoms with Gasteiger partial charge in [0.1, 0.15) is 0 Å². The van der Waals surface area contributed by atoms with E-state index in [0.717, 1.165) is 25.9 Å². The Kier molecular flexibility index (Phi) is 7.41. The fourth-order valence-corrected chi connectivity index (χ4v) is 4.64. The highest BCUT2D eigenvalue weighted by Gasteiger charge is 2.23. The van der Waals surface area contributed by atoms with Gasteiger partial charge in [0.15, 0.2) is 9.84 Å². The van der Waals surface area contributed by atoms with Crippen molar-refractivity contribution in [3.05, 3.63) is 65.7 Å². The van der Waals surface area contributed by atoms with Crippen LogP contribution in [0.25, 0.3) is 0 Å². The second kappa shape index (κ2) is 9.35. The second-order valence-electron chi connectivity index (χ2n) is 6.63. The quantitative estimate of drug-likeness (QED) is 0.826. The van der Waals surface area contributed by atoms with Gasteiger partial charge >= 0.3 is 0 Å². The Morgan fingerprint density at radius 2 is 1.74 bits per heavy atom. The number of benzene rings is 2. The fourth-order valence-electron chi connectivity index (χ4n) is 3.28. The molecule has 3 rings (SSSR count). The summed E-state index contributed by atoms with van der Waals surface area (Å²) in [5, 5.41) is 3.25. The van der Waals surface area contributed by atoms with Crippen LogP contribution in [0.15, 0.2) is 59.5 Å². The van der Waals surface area contributed by atoms with Gasteiger partial charge in [-0.25, -0.2) is 8.42 Å².